The lowest BCUT2D eigenvalue weighted by Gasteiger charge is -2.37. The van der Waals surface area contributed by atoms with Gasteiger partial charge >= 0.3 is 0 Å². The molecule has 0 spiro atoms. The normalized spacial score (nSPS) is 22.0. The van der Waals surface area contributed by atoms with Crippen LogP contribution in [0.3, 0.4) is 0 Å². The fourth-order valence-electron chi connectivity index (χ4n) is 6.81. The number of aliphatic hydroxyl groups excluding tert-OH is 1. The first kappa shape index (κ1) is 24.8. The third kappa shape index (κ3) is 3.39. The van der Waals surface area contributed by atoms with E-state index in [-0.39, 0.29) is 35.1 Å². The van der Waals surface area contributed by atoms with Crippen LogP contribution in [-0.4, -0.2) is 36.7 Å². The molecule has 8 heteroatoms. The molecule has 1 aromatic carbocycles. The van der Waals surface area contributed by atoms with Crippen molar-refractivity contribution in [2.45, 2.75) is 58.4 Å². The highest BCUT2D eigenvalue weighted by Gasteiger charge is 2.65. The summed E-state index contributed by atoms with van der Waals surface area (Å²) < 4.78 is 31.0. The van der Waals surface area contributed by atoms with Crippen LogP contribution in [0.1, 0.15) is 62.2 Å². The summed E-state index contributed by atoms with van der Waals surface area (Å²) in [5.74, 6) is -1.01. The van der Waals surface area contributed by atoms with Gasteiger partial charge in [0.15, 0.2) is 0 Å². The van der Waals surface area contributed by atoms with E-state index >= 15 is 0 Å². The van der Waals surface area contributed by atoms with Crippen LogP contribution >= 0.6 is 0 Å². The van der Waals surface area contributed by atoms with Gasteiger partial charge in [0, 0.05) is 24.4 Å². The van der Waals surface area contributed by atoms with Gasteiger partial charge in [0.2, 0.25) is 0 Å². The van der Waals surface area contributed by atoms with Crippen molar-refractivity contribution in [2.75, 3.05) is 6.61 Å². The molecular weight excluding hydrogens is 484 g/mol. The Labute approximate surface area is 220 Å². The minimum Gasteiger partial charge on any atom is -0.396 e. The summed E-state index contributed by atoms with van der Waals surface area (Å²) in [5, 5.41) is 23.0. The van der Waals surface area contributed by atoms with Gasteiger partial charge in [-0.1, -0.05) is 32.9 Å². The molecule has 3 aromatic heterocycles. The molecule has 3 atom stereocenters. The van der Waals surface area contributed by atoms with Crippen molar-refractivity contribution in [1.82, 2.24) is 25.0 Å². The van der Waals surface area contributed by atoms with Crippen molar-refractivity contribution >= 4 is 0 Å². The number of benzene rings is 1. The second-order valence-corrected chi connectivity index (χ2v) is 11.4. The van der Waals surface area contributed by atoms with E-state index in [2.05, 4.69) is 35.2 Å². The number of nitrogens with zero attached hydrogens (tertiary/aromatic N) is 5. The molecule has 3 heterocycles. The Morgan fingerprint density at radius 2 is 1.82 bits per heavy atom. The van der Waals surface area contributed by atoms with Gasteiger partial charge in [-0.2, -0.15) is 10.2 Å². The first-order valence-corrected chi connectivity index (χ1v) is 13.1. The van der Waals surface area contributed by atoms with Crippen molar-refractivity contribution in [3.05, 3.63) is 82.9 Å². The number of aliphatic hydroxyl groups is 1. The van der Waals surface area contributed by atoms with Crippen LogP contribution in [0, 0.1) is 29.9 Å². The molecule has 6 rings (SSSR count). The lowest BCUT2D eigenvalue weighted by atomic mass is 9.66. The molecule has 4 aromatic rings. The summed E-state index contributed by atoms with van der Waals surface area (Å²) in [6.45, 7) is 9.23. The number of hydrogen-bond acceptors (Lipinski definition) is 5. The minimum absolute atomic E-state index is 0.104. The molecule has 1 fully saturated rings. The maximum atomic E-state index is 14.6. The number of rotatable bonds is 6. The lowest BCUT2D eigenvalue weighted by Crippen LogP contribution is -2.37. The van der Waals surface area contributed by atoms with Crippen molar-refractivity contribution in [1.29, 1.82) is 0 Å². The Morgan fingerprint density at radius 1 is 1.08 bits per heavy atom. The van der Waals surface area contributed by atoms with Crippen molar-refractivity contribution in [3.63, 3.8) is 0 Å². The Kier molecular flexibility index (Phi) is 5.72. The van der Waals surface area contributed by atoms with Crippen LogP contribution in [-0.2, 0) is 12.0 Å². The predicted molar refractivity (Wildman–Crippen MR) is 140 cm³/mol. The minimum atomic E-state index is -0.643. The van der Waals surface area contributed by atoms with Crippen LogP contribution < -0.4 is 0 Å². The Bertz CT molecular complexity index is 1530. The van der Waals surface area contributed by atoms with Crippen LogP contribution in [0.15, 0.2) is 48.7 Å². The molecule has 2 aliphatic rings. The quantitative estimate of drug-likeness (QED) is 0.350. The van der Waals surface area contributed by atoms with Gasteiger partial charge in [0.1, 0.15) is 11.6 Å². The van der Waals surface area contributed by atoms with E-state index < -0.39 is 17.0 Å². The van der Waals surface area contributed by atoms with Gasteiger partial charge in [-0.3, -0.25) is 9.67 Å². The summed E-state index contributed by atoms with van der Waals surface area (Å²) in [7, 11) is 0. The summed E-state index contributed by atoms with van der Waals surface area (Å²) in [6.07, 6.45) is 3.65. The second-order valence-electron chi connectivity index (χ2n) is 11.4. The second kappa shape index (κ2) is 8.76. The highest BCUT2D eigenvalue weighted by atomic mass is 19.1. The molecule has 1 saturated carbocycles. The molecule has 1 N–H and O–H groups in total. The first-order chi connectivity index (χ1) is 18.2. The van der Waals surface area contributed by atoms with Gasteiger partial charge in [-0.25, -0.2) is 8.78 Å². The molecule has 0 radical (unpaired) electrons. The highest BCUT2D eigenvalue weighted by molar-refractivity contribution is 5.65. The number of halogens is 2. The summed E-state index contributed by atoms with van der Waals surface area (Å²) in [4.78, 5) is 5.18. The zero-order valence-corrected chi connectivity index (χ0v) is 22.0. The molecule has 196 valence electrons. The molecule has 38 heavy (non-hydrogen) atoms. The van der Waals surface area contributed by atoms with E-state index in [0.717, 1.165) is 46.7 Å². The van der Waals surface area contributed by atoms with Crippen molar-refractivity contribution in [3.8, 4) is 22.5 Å². The van der Waals surface area contributed by atoms with Crippen LogP contribution in [0.2, 0.25) is 0 Å². The topological polar surface area (TPSA) is 76.7 Å². The predicted octanol–water partition coefficient (Wildman–Crippen LogP) is 5.82. The van der Waals surface area contributed by atoms with Gasteiger partial charge < -0.3 is 5.11 Å². The molecule has 0 amide bonds. The van der Waals surface area contributed by atoms with Crippen LogP contribution in [0.4, 0.5) is 8.78 Å². The number of pyridine rings is 1. The monoisotopic (exact) mass is 515 g/mol. The molecule has 2 aliphatic carbocycles. The molecule has 0 aliphatic heterocycles. The molecule has 2 bridgehead atoms. The Hall–Kier alpha value is -3.52. The van der Waals surface area contributed by atoms with Crippen LogP contribution in [0.25, 0.3) is 22.5 Å². The average Bonchev–Trinajstić information content (AvgIpc) is 3.46. The van der Waals surface area contributed by atoms with Crippen molar-refractivity contribution < 1.29 is 13.9 Å². The lowest BCUT2D eigenvalue weighted by molar-refractivity contribution is 0.218. The SMILES string of the molecule is Cc1c(-c2cccc([C@@]34CC[C@@H](c5cc(-c6c(F)cccc6F)nnc53)C4(C)C)n2)cnn1C[C@@H](C)CO. The van der Waals surface area contributed by atoms with Gasteiger partial charge in [0.25, 0.3) is 0 Å². The van der Waals surface area contributed by atoms with Crippen LogP contribution in [0.5, 0.6) is 0 Å². The summed E-state index contributed by atoms with van der Waals surface area (Å²) in [5.41, 5.74) is 4.99. The third-order valence-corrected chi connectivity index (χ3v) is 8.96. The fraction of sp³-hybridized carbons (Fsp3) is 0.400. The molecule has 0 unspecified atom stereocenters. The number of hydrogen-bond donors (Lipinski definition) is 1. The maximum Gasteiger partial charge on any atom is 0.135 e. The van der Waals surface area contributed by atoms with E-state index in [1.807, 2.05) is 42.9 Å². The van der Waals surface area contributed by atoms with E-state index in [4.69, 9.17) is 4.98 Å². The van der Waals surface area contributed by atoms with Gasteiger partial charge in [-0.05, 0) is 72.9 Å². The summed E-state index contributed by atoms with van der Waals surface area (Å²) in [6, 6.07) is 11.8. The fourth-order valence-corrected chi connectivity index (χ4v) is 6.81. The average molecular weight is 516 g/mol. The molecule has 6 nitrogen and oxygen atoms in total. The highest BCUT2D eigenvalue weighted by Crippen LogP contribution is 2.69. The standard InChI is InChI=1S/C30H31F2N5O/c1-17(16-38)15-37-18(2)20(14-33-37)24-9-6-10-26(34-24)30-12-11-21(29(30,3)4)19-13-25(35-36-28(19)30)27-22(31)7-5-8-23(27)32/h5-10,13-14,17,21,38H,11-12,15-16H2,1-4H3/t17-,21+,30+/m1/s1. The molecular formula is C30H31F2N5O. The van der Waals surface area contributed by atoms with E-state index in [9.17, 15) is 13.9 Å². The smallest absolute Gasteiger partial charge is 0.135 e. The number of fused-ring (bicyclic) bond motifs is 5. The first-order valence-electron chi connectivity index (χ1n) is 13.1. The van der Waals surface area contributed by atoms with Gasteiger partial charge in [0.05, 0.1) is 40.0 Å². The Morgan fingerprint density at radius 3 is 2.55 bits per heavy atom. The Balaban J connectivity index is 1.45. The van der Waals surface area contributed by atoms with E-state index in [1.54, 1.807) is 0 Å². The largest absolute Gasteiger partial charge is 0.396 e. The summed E-state index contributed by atoms with van der Waals surface area (Å²) >= 11 is 0. The zero-order valence-electron chi connectivity index (χ0n) is 22.0. The van der Waals surface area contributed by atoms with E-state index in [1.165, 1.54) is 18.2 Å². The van der Waals surface area contributed by atoms with Crippen molar-refractivity contribution in [2.24, 2.45) is 11.3 Å². The third-order valence-electron chi connectivity index (χ3n) is 8.96. The molecule has 0 saturated heterocycles. The zero-order chi connectivity index (χ0) is 26.8. The van der Waals surface area contributed by atoms with Gasteiger partial charge in [-0.15, -0.1) is 5.10 Å². The number of aromatic nitrogens is 5. The van der Waals surface area contributed by atoms with E-state index in [0.29, 0.717) is 6.54 Å². The maximum absolute atomic E-state index is 14.6.